The van der Waals surface area contributed by atoms with Gasteiger partial charge in [-0.05, 0) is 53.1 Å². The number of benzene rings is 3. The van der Waals surface area contributed by atoms with Crippen LogP contribution >= 0.6 is 15.9 Å². The highest BCUT2D eigenvalue weighted by Gasteiger charge is 2.35. The van der Waals surface area contributed by atoms with Crippen molar-refractivity contribution in [3.63, 3.8) is 0 Å². The van der Waals surface area contributed by atoms with E-state index in [1.54, 1.807) is 66.7 Å². The SMILES string of the molecule is O=C1N[C@H](Cc2ccco2)C(=O)N[C@@H](C(=O)O)Cc2ccc(cc2)NC(=O)[C@H](O)[C@@H](O)C(=O)N[C@H](Cc2ccccc2)C(=O)N[C@H]1Cc1ccc(Br)cc1. The first kappa shape index (κ1) is 39.4. The van der Waals surface area contributed by atoms with Crippen LogP contribution in [0.4, 0.5) is 5.69 Å². The number of fused-ring (bicyclic) bond motifs is 18. The van der Waals surface area contributed by atoms with Gasteiger partial charge in [0.2, 0.25) is 17.7 Å². The summed E-state index contributed by atoms with van der Waals surface area (Å²) in [4.78, 5) is 80.3. The van der Waals surface area contributed by atoms with E-state index in [9.17, 15) is 44.1 Å². The topological polar surface area (TPSA) is 236 Å². The van der Waals surface area contributed by atoms with Crippen molar-refractivity contribution < 1.29 is 48.5 Å². The summed E-state index contributed by atoms with van der Waals surface area (Å²) >= 11 is 3.37. The number of carboxylic acid groups (broad SMARTS) is 1. The average molecular weight is 805 g/mol. The number of hydrogen-bond acceptors (Lipinski definition) is 9. The fraction of sp³-hybridized carbons (Fsp3) is 0.263. The number of carbonyl (C=O) groups excluding carboxylic acids is 5. The van der Waals surface area contributed by atoms with E-state index in [2.05, 4.69) is 42.5 Å². The summed E-state index contributed by atoms with van der Waals surface area (Å²) in [5.41, 5.74) is 1.80. The molecule has 8 N–H and O–H groups in total. The molecule has 0 fully saturated rings. The lowest BCUT2D eigenvalue weighted by molar-refractivity contribution is -0.145. The molecule has 2 bridgehead atoms. The van der Waals surface area contributed by atoms with Crippen molar-refractivity contribution in [2.75, 3.05) is 5.32 Å². The van der Waals surface area contributed by atoms with Crippen LogP contribution in [-0.2, 0) is 54.5 Å². The highest BCUT2D eigenvalue weighted by atomic mass is 79.9. The van der Waals surface area contributed by atoms with Gasteiger partial charge >= 0.3 is 5.97 Å². The lowest BCUT2D eigenvalue weighted by atomic mass is 10.0. The van der Waals surface area contributed by atoms with E-state index in [0.717, 1.165) is 4.47 Å². The Labute approximate surface area is 317 Å². The molecule has 6 rings (SSSR count). The van der Waals surface area contributed by atoms with Crippen LogP contribution in [0.25, 0.3) is 0 Å². The molecule has 0 aliphatic carbocycles. The van der Waals surface area contributed by atoms with E-state index in [1.807, 2.05) is 0 Å². The van der Waals surface area contributed by atoms with Crippen LogP contribution in [0.1, 0.15) is 22.5 Å². The van der Waals surface area contributed by atoms with Gasteiger partial charge in [-0.2, -0.15) is 0 Å². The van der Waals surface area contributed by atoms with Crippen LogP contribution in [0.2, 0.25) is 0 Å². The predicted molar refractivity (Wildman–Crippen MR) is 197 cm³/mol. The average Bonchev–Trinajstić information content (AvgIpc) is 3.67. The molecule has 2 aliphatic rings. The summed E-state index contributed by atoms with van der Waals surface area (Å²) in [7, 11) is 0. The quantitative estimate of drug-likeness (QED) is 0.124. The Kier molecular flexibility index (Phi) is 13.3. The number of hydrogen-bond donors (Lipinski definition) is 8. The number of amides is 5. The van der Waals surface area contributed by atoms with E-state index in [1.165, 1.54) is 30.5 Å². The normalized spacial score (nSPS) is 23.2. The number of rotatable bonds is 7. The highest BCUT2D eigenvalue weighted by molar-refractivity contribution is 9.10. The zero-order valence-electron chi connectivity index (χ0n) is 28.6. The summed E-state index contributed by atoms with van der Waals surface area (Å²) < 4.78 is 6.19. The molecule has 3 heterocycles. The molecule has 0 radical (unpaired) electrons. The second-order valence-corrected chi connectivity index (χ2v) is 13.6. The number of nitrogens with one attached hydrogen (secondary N) is 5. The van der Waals surface area contributed by atoms with Crippen LogP contribution in [0.15, 0.2) is 106 Å². The molecule has 16 heteroatoms. The number of carbonyl (C=O) groups is 6. The maximum absolute atomic E-state index is 14.1. The van der Waals surface area contributed by atoms with Crippen molar-refractivity contribution in [1.29, 1.82) is 0 Å². The largest absolute Gasteiger partial charge is 0.480 e. The molecule has 15 nitrogen and oxygen atoms in total. The zero-order valence-corrected chi connectivity index (χ0v) is 30.2. The lowest BCUT2D eigenvalue weighted by Gasteiger charge is -2.27. The van der Waals surface area contributed by atoms with Gasteiger partial charge in [0.1, 0.15) is 29.9 Å². The molecule has 4 aromatic rings. The van der Waals surface area contributed by atoms with Crippen LogP contribution in [-0.4, -0.2) is 87.2 Å². The highest BCUT2D eigenvalue weighted by Crippen LogP contribution is 2.16. The van der Waals surface area contributed by atoms with Crippen molar-refractivity contribution in [3.8, 4) is 0 Å². The fourth-order valence-corrected chi connectivity index (χ4v) is 5.97. The second-order valence-electron chi connectivity index (χ2n) is 12.7. The first-order chi connectivity index (χ1) is 25.9. The van der Waals surface area contributed by atoms with Crippen molar-refractivity contribution in [2.45, 2.75) is 62.1 Å². The maximum Gasteiger partial charge on any atom is 0.326 e. The third-order valence-corrected chi connectivity index (χ3v) is 9.16. The van der Waals surface area contributed by atoms with Crippen LogP contribution in [0.5, 0.6) is 0 Å². The van der Waals surface area contributed by atoms with Gasteiger partial charge < -0.3 is 46.3 Å². The van der Waals surface area contributed by atoms with Gasteiger partial charge in [0.15, 0.2) is 12.2 Å². The number of aliphatic hydroxyl groups is 2. The minimum Gasteiger partial charge on any atom is -0.480 e. The number of furan rings is 1. The van der Waals surface area contributed by atoms with E-state index in [-0.39, 0.29) is 31.4 Å². The molecule has 0 saturated carbocycles. The molecule has 54 heavy (non-hydrogen) atoms. The van der Waals surface area contributed by atoms with Crippen LogP contribution < -0.4 is 26.6 Å². The predicted octanol–water partition coefficient (Wildman–Crippen LogP) is 1.01. The standard InChI is InChI=1S/C38H38BrN5O10/c39-24-12-8-22(9-13-24)18-27-33(47)42-29(20-26-7-4-16-54-26)35(49)44-30(38(52)53)19-23-10-14-25(15-11-23)40-36(50)31(45)32(46)37(51)43-28(34(48)41-27)17-21-5-2-1-3-6-21/h1-16,27-32,45-46H,17-20H2,(H,40,50)(H,41,48)(H,42,47)(H,43,51)(H,44,49)(H,52,53)/t27-,28+,29+,30+,31+,32+/m0/s1. The molecule has 0 saturated heterocycles. The van der Waals surface area contributed by atoms with E-state index in [4.69, 9.17) is 4.42 Å². The molecule has 0 spiro atoms. The maximum atomic E-state index is 14.1. The molecule has 6 atom stereocenters. The molecule has 282 valence electrons. The Morgan fingerprint density at radius 2 is 1.17 bits per heavy atom. The van der Waals surface area contributed by atoms with Crippen molar-refractivity contribution >= 4 is 57.1 Å². The number of anilines is 1. The molecular formula is C38H38BrN5O10. The number of halogens is 1. The molecule has 1 aromatic heterocycles. The summed E-state index contributed by atoms with van der Waals surface area (Å²) in [6, 6.07) is 18.8. The number of carboxylic acids is 1. The summed E-state index contributed by atoms with van der Waals surface area (Å²) in [5.74, 6) is -5.94. The number of aliphatic carboxylic acids is 1. The third-order valence-electron chi connectivity index (χ3n) is 8.63. The van der Waals surface area contributed by atoms with Gasteiger partial charge in [-0.1, -0.05) is 70.5 Å². The smallest absolute Gasteiger partial charge is 0.326 e. The van der Waals surface area contributed by atoms with Gasteiger partial charge in [0, 0.05) is 35.8 Å². The summed E-state index contributed by atoms with van der Waals surface area (Å²) in [6.45, 7) is 0. The number of aliphatic hydroxyl groups excluding tert-OH is 2. The van der Waals surface area contributed by atoms with Gasteiger partial charge in [0.05, 0.1) is 6.26 Å². The third kappa shape index (κ3) is 10.8. The molecule has 3 aromatic carbocycles. The monoisotopic (exact) mass is 803 g/mol. The van der Waals surface area contributed by atoms with Crippen LogP contribution in [0, 0.1) is 0 Å². The Balaban J connectivity index is 1.53. The molecule has 0 unspecified atom stereocenters. The van der Waals surface area contributed by atoms with Gasteiger partial charge in [-0.3, -0.25) is 24.0 Å². The van der Waals surface area contributed by atoms with Crippen LogP contribution in [0.3, 0.4) is 0 Å². The molecular weight excluding hydrogens is 766 g/mol. The van der Waals surface area contributed by atoms with E-state index in [0.29, 0.717) is 22.5 Å². The Hall–Kier alpha value is -5.84. The van der Waals surface area contributed by atoms with E-state index < -0.39 is 71.9 Å². The van der Waals surface area contributed by atoms with Gasteiger partial charge in [-0.15, -0.1) is 0 Å². The Morgan fingerprint density at radius 3 is 1.74 bits per heavy atom. The van der Waals surface area contributed by atoms with Crippen molar-refractivity contribution in [1.82, 2.24) is 21.3 Å². The summed E-state index contributed by atoms with van der Waals surface area (Å²) in [6.07, 6.45) is -3.74. The molecule has 2 aliphatic heterocycles. The zero-order chi connectivity index (χ0) is 38.8. The minimum atomic E-state index is -2.30. The first-order valence-electron chi connectivity index (χ1n) is 16.9. The van der Waals surface area contributed by atoms with Crippen molar-refractivity contribution in [2.24, 2.45) is 0 Å². The van der Waals surface area contributed by atoms with Crippen molar-refractivity contribution in [3.05, 3.63) is 124 Å². The molecule has 5 amide bonds. The van der Waals surface area contributed by atoms with Gasteiger partial charge in [0.25, 0.3) is 11.8 Å². The van der Waals surface area contributed by atoms with Gasteiger partial charge in [-0.25, -0.2) is 4.79 Å². The Morgan fingerprint density at radius 1 is 0.630 bits per heavy atom. The lowest BCUT2D eigenvalue weighted by Crippen LogP contribution is -2.60. The van der Waals surface area contributed by atoms with E-state index >= 15 is 0 Å². The summed E-state index contributed by atoms with van der Waals surface area (Å²) in [5, 5.41) is 43.9. The Bertz CT molecular complexity index is 1940. The minimum absolute atomic E-state index is 0.0823. The first-order valence-corrected chi connectivity index (χ1v) is 17.7. The fourth-order valence-electron chi connectivity index (χ4n) is 5.70. The second kappa shape index (κ2) is 18.3.